The van der Waals surface area contributed by atoms with Crippen LogP contribution in [0.15, 0.2) is 60.7 Å². The highest BCUT2D eigenvalue weighted by molar-refractivity contribution is 7.00. The molecule has 3 aliphatic rings. The van der Waals surface area contributed by atoms with E-state index in [1.165, 1.54) is 45.1 Å². The number of nitrogens with zero attached hydrogens (tertiary/aromatic N) is 4. The highest BCUT2D eigenvalue weighted by atomic mass is 32.1. The van der Waals surface area contributed by atoms with Crippen molar-refractivity contribution in [3.05, 3.63) is 105 Å². The fourth-order valence-electron chi connectivity index (χ4n) is 11.2. The summed E-state index contributed by atoms with van der Waals surface area (Å²) in [5, 5.41) is 0. The van der Waals surface area contributed by atoms with Crippen molar-refractivity contribution in [2.45, 2.75) is 128 Å². The fourth-order valence-corrected chi connectivity index (χ4v) is 22.2. The van der Waals surface area contributed by atoms with E-state index in [0.717, 1.165) is 44.2 Å². The molecule has 0 radical (unpaired) electrons. The molecule has 7 heteroatoms. The van der Waals surface area contributed by atoms with E-state index in [4.69, 9.17) is 18.7 Å². The lowest BCUT2D eigenvalue weighted by atomic mass is 9.61. The van der Waals surface area contributed by atoms with Crippen molar-refractivity contribution in [1.82, 2.24) is 18.7 Å². The summed E-state index contributed by atoms with van der Waals surface area (Å²) in [6.07, 6.45) is 0. The van der Waals surface area contributed by atoms with Crippen LogP contribution in [0.4, 0.5) is 0 Å². The fraction of sp³-hybridized carbons (Fsp3) is 0.417. The van der Waals surface area contributed by atoms with E-state index in [0.29, 0.717) is 33.2 Å². The van der Waals surface area contributed by atoms with Crippen molar-refractivity contribution in [3.63, 3.8) is 0 Å². The molecule has 6 aromatic rings. The monoisotopic (exact) mass is 774 g/mol. The molecule has 2 heterocycles. The maximum Gasteiger partial charge on any atom is 0.146 e. The van der Waals surface area contributed by atoms with Gasteiger partial charge in [-0.15, -0.1) is 11.1 Å². The summed E-state index contributed by atoms with van der Waals surface area (Å²) in [7, 11) is -4.17. The summed E-state index contributed by atoms with van der Waals surface area (Å²) in [6.45, 7) is 28.4. The maximum atomic E-state index is 5.59. The summed E-state index contributed by atoms with van der Waals surface area (Å²) in [4.78, 5) is 11.2. The zero-order chi connectivity index (χ0) is 39.1. The average molecular weight is 775 g/mol. The Morgan fingerprint density at radius 2 is 0.764 bits per heavy atom. The molecular weight excluding hydrogens is 721 g/mol. The van der Waals surface area contributed by atoms with Crippen molar-refractivity contribution in [3.8, 4) is 22.9 Å². The van der Waals surface area contributed by atoms with Crippen LogP contribution in [0, 0.1) is 22.9 Å². The molecule has 0 aliphatic heterocycles. The van der Waals surface area contributed by atoms with Gasteiger partial charge in [0.1, 0.15) is 38.2 Å². The molecule has 2 aromatic heterocycles. The molecule has 3 aliphatic carbocycles. The van der Waals surface area contributed by atoms with Gasteiger partial charge in [0.05, 0.1) is 33.9 Å². The predicted molar refractivity (Wildman–Crippen MR) is 239 cm³/mol. The van der Waals surface area contributed by atoms with Crippen molar-refractivity contribution in [2.24, 2.45) is 0 Å². The first-order valence-corrected chi connectivity index (χ1v) is 25.6. The molecule has 4 nitrogen and oxygen atoms in total. The van der Waals surface area contributed by atoms with Crippen molar-refractivity contribution < 1.29 is 0 Å². The summed E-state index contributed by atoms with van der Waals surface area (Å²) in [6, 6.07) is 22.6. The van der Waals surface area contributed by atoms with Gasteiger partial charge in [-0.3, -0.25) is 0 Å². The number of hydrogen-bond donors (Lipinski definition) is 0. The molecule has 0 N–H and O–H groups in total. The molecule has 0 fully saturated rings. The lowest BCUT2D eigenvalue weighted by molar-refractivity contribution is 0.756. The SMILES string of the molecule is CC(C)[Si](C#Cc1c2nsnc2c(C#C[Si](C(C)C)(C(C)C)C(C)C)c2nc3cc4c(cc3nc12)C1c2ccccc2C4c2ccccc21)(C(C)C)C(C)C. The number of fused-ring (bicyclic) bond motifs is 3. The normalized spacial score (nSPS) is 16.3. The molecule has 0 amide bonds. The van der Waals surface area contributed by atoms with E-state index in [2.05, 4.69) is 167 Å². The second kappa shape index (κ2) is 13.8. The molecule has 4 aromatic carbocycles. The number of benzene rings is 4. The van der Waals surface area contributed by atoms with E-state index in [1.54, 1.807) is 0 Å². The minimum absolute atomic E-state index is 0.163. The lowest BCUT2D eigenvalue weighted by Gasteiger charge is -2.42. The van der Waals surface area contributed by atoms with Gasteiger partial charge in [-0.05, 0) is 78.8 Å². The molecule has 0 saturated carbocycles. The number of rotatable bonds is 6. The van der Waals surface area contributed by atoms with E-state index in [-0.39, 0.29) is 11.8 Å². The van der Waals surface area contributed by atoms with Gasteiger partial charge in [0, 0.05) is 11.8 Å². The van der Waals surface area contributed by atoms with Gasteiger partial charge in [0.15, 0.2) is 0 Å². The van der Waals surface area contributed by atoms with Gasteiger partial charge in [0.2, 0.25) is 0 Å². The first kappa shape index (κ1) is 37.8. The summed E-state index contributed by atoms with van der Waals surface area (Å²) in [5.41, 5.74) is 26.0. The van der Waals surface area contributed by atoms with Crippen LogP contribution in [0.5, 0.6) is 0 Å². The molecular formula is C48H54N4SSi2. The van der Waals surface area contributed by atoms with Gasteiger partial charge in [-0.25, -0.2) is 9.97 Å². The van der Waals surface area contributed by atoms with Crippen LogP contribution in [0.25, 0.3) is 33.1 Å². The molecule has 0 saturated heterocycles. The molecule has 2 bridgehead atoms. The topological polar surface area (TPSA) is 51.6 Å². The van der Waals surface area contributed by atoms with Crippen molar-refractivity contribution in [2.75, 3.05) is 0 Å². The van der Waals surface area contributed by atoms with Crippen LogP contribution in [0.3, 0.4) is 0 Å². The van der Waals surface area contributed by atoms with Gasteiger partial charge < -0.3 is 0 Å². The standard InChI is InChI=1S/C48H54N4SSi2/c1-27(2)54(28(3)4,29(5)6)23-21-37-45-46(38(48-47(37)51-53-52-48)22-24-55(30(7)8,31(9)10)32(11)12)50-42-26-40-39(25-41(42)49-45)43-33-17-13-15-19-35(33)44(40)36-20-16-14-18-34(36)43/h13-20,25-32,43-44H,1-12H3. The second-order valence-corrected chi connectivity index (χ2v) is 29.7. The third-order valence-electron chi connectivity index (χ3n) is 13.7. The molecule has 55 heavy (non-hydrogen) atoms. The first-order chi connectivity index (χ1) is 26.2. The lowest BCUT2D eigenvalue weighted by Crippen LogP contribution is -2.43. The van der Waals surface area contributed by atoms with E-state index < -0.39 is 16.1 Å². The van der Waals surface area contributed by atoms with Crippen LogP contribution in [-0.4, -0.2) is 34.9 Å². The molecule has 0 unspecified atom stereocenters. The minimum atomic E-state index is -2.08. The smallest absolute Gasteiger partial charge is 0.146 e. The van der Waals surface area contributed by atoms with E-state index >= 15 is 0 Å². The Bertz CT molecular complexity index is 2360. The van der Waals surface area contributed by atoms with Crippen molar-refractivity contribution >= 4 is 61.0 Å². The van der Waals surface area contributed by atoms with Gasteiger partial charge in [-0.2, -0.15) is 8.75 Å². The molecule has 0 spiro atoms. The zero-order valence-electron chi connectivity index (χ0n) is 34.6. The van der Waals surface area contributed by atoms with Crippen LogP contribution in [-0.2, 0) is 0 Å². The highest BCUT2D eigenvalue weighted by Gasteiger charge is 2.44. The second-order valence-electron chi connectivity index (χ2n) is 18.0. The first-order valence-electron chi connectivity index (χ1n) is 20.4. The minimum Gasteiger partial charge on any atom is -0.243 e. The largest absolute Gasteiger partial charge is 0.243 e. The Labute approximate surface area is 334 Å². The van der Waals surface area contributed by atoms with Crippen LogP contribution in [0.1, 0.15) is 139 Å². The Balaban J connectivity index is 1.47. The van der Waals surface area contributed by atoms with Crippen LogP contribution >= 0.6 is 11.7 Å². The Kier molecular flexibility index (Phi) is 9.48. The third kappa shape index (κ3) is 5.52. The number of hydrogen-bond acceptors (Lipinski definition) is 5. The number of aromatic nitrogens is 4. The molecule has 280 valence electrons. The summed E-state index contributed by atoms with van der Waals surface area (Å²) < 4.78 is 9.93. The highest BCUT2D eigenvalue weighted by Crippen LogP contribution is 2.56. The Morgan fingerprint density at radius 3 is 1.05 bits per heavy atom. The zero-order valence-corrected chi connectivity index (χ0v) is 37.4. The Morgan fingerprint density at radius 1 is 0.455 bits per heavy atom. The van der Waals surface area contributed by atoms with Crippen molar-refractivity contribution in [1.29, 1.82) is 0 Å². The summed E-state index contributed by atoms with van der Waals surface area (Å²) >= 11 is 1.25. The quantitative estimate of drug-likeness (QED) is 0.0959. The van der Waals surface area contributed by atoms with Gasteiger partial charge in [0.25, 0.3) is 0 Å². The Hall–Kier alpha value is -4.15. The predicted octanol–water partition coefficient (Wildman–Crippen LogP) is 12.9. The van der Waals surface area contributed by atoms with E-state index in [1.807, 2.05) is 0 Å². The van der Waals surface area contributed by atoms with Crippen LogP contribution in [0.2, 0.25) is 33.2 Å². The summed E-state index contributed by atoms with van der Waals surface area (Å²) in [5.74, 6) is 7.95. The third-order valence-corrected chi connectivity index (χ3v) is 26.8. The van der Waals surface area contributed by atoms with E-state index in [9.17, 15) is 0 Å². The maximum absolute atomic E-state index is 5.59. The van der Waals surface area contributed by atoms with Gasteiger partial charge in [-0.1, -0.05) is 143 Å². The van der Waals surface area contributed by atoms with Gasteiger partial charge >= 0.3 is 0 Å². The van der Waals surface area contributed by atoms with Crippen LogP contribution < -0.4 is 0 Å². The average Bonchev–Trinajstić information content (AvgIpc) is 3.63. The molecule has 0 atom stereocenters. The molecule has 9 rings (SSSR count).